The zero-order valence-electron chi connectivity index (χ0n) is 10.7. The predicted molar refractivity (Wildman–Crippen MR) is 78.7 cm³/mol. The summed E-state index contributed by atoms with van der Waals surface area (Å²) in [7, 11) is 1.83. The number of nitrogens with zero attached hydrogens (tertiary/aromatic N) is 2. The van der Waals surface area contributed by atoms with Crippen LogP contribution in [0, 0.1) is 12.8 Å². The molecule has 0 aliphatic carbocycles. The number of hydrogen-bond acceptors (Lipinski definition) is 6. The highest BCUT2D eigenvalue weighted by Crippen LogP contribution is 2.32. The van der Waals surface area contributed by atoms with E-state index in [4.69, 9.17) is 5.11 Å². The Morgan fingerprint density at radius 2 is 2.28 bits per heavy atom. The highest BCUT2D eigenvalue weighted by molar-refractivity contribution is 7.99. The summed E-state index contributed by atoms with van der Waals surface area (Å²) in [5.74, 6) is 1.79. The van der Waals surface area contributed by atoms with Crippen molar-refractivity contribution >= 4 is 39.3 Å². The Hall–Kier alpha value is -0.850. The van der Waals surface area contributed by atoms with Gasteiger partial charge in [-0.15, -0.1) is 23.1 Å². The molecule has 0 spiro atoms. The summed E-state index contributed by atoms with van der Waals surface area (Å²) in [6.07, 6.45) is 0. The lowest BCUT2D eigenvalue weighted by molar-refractivity contribution is 0.250. The number of aryl methyl sites for hydroxylation is 1. The lowest BCUT2D eigenvalue weighted by Gasteiger charge is -2.08. The van der Waals surface area contributed by atoms with Gasteiger partial charge in [-0.2, -0.15) is 0 Å². The predicted octanol–water partition coefficient (Wildman–Crippen LogP) is 2.76. The molecule has 0 bridgehead atoms. The Kier molecular flexibility index (Phi) is 4.42. The quantitative estimate of drug-likeness (QED) is 0.653. The van der Waals surface area contributed by atoms with Crippen LogP contribution in [0.1, 0.15) is 11.8 Å². The van der Waals surface area contributed by atoms with Crippen LogP contribution in [0.4, 0.5) is 5.95 Å². The summed E-state index contributed by atoms with van der Waals surface area (Å²) in [4.78, 5) is 11.2. The molecular weight excluding hydrogens is 266 g/mol. The number of thioether (sulfide) groups is 1. The average molecular weight is 283 g/mol. The molecule has 0 saturated carbocycles. The van der Waals surface area contributed by atoms with Gasteiger partial charge in [-0.3, -0.25) is 0 Å². The molecule has 4 nitrogen and oxygen atoms in total. The number of aliphatic hydroxyl groups is 1. The van der Waals surface area contributed by atoms with Crippen molar-refractivity contribution in [2.24, 2.45) is 5.92 Å². The lowest BCUT2D eigenvalue weighted by Crippen LogP contribution is -2.04. The molecular formula is C12H17N3OS2. The molecule has 1 atom stereocenters. The summed E-state index contributed by atoms with van der Waals surface area (Å²) < 4.78 is 0. The minimum atomic E-state index is 0.211. The van der Waals surface area contributed by atoms with Crippen LogP contribution in [0.2, 0.25) is 0 Å². The van der Waals surface area contributed by atoms with Gasteiger partial charge in [-0.25, -0.2) is 9.97 Å². The molecule has 6 heteroatoms. The van der Waals surface area contributed by atoms with Gasteiger partial charge in [0.05, 0.1) is 0 Å². The third-order valence-electron chi connectivity index (χ3n) is 2.52. The zero-order chi connectivity index (χ0) is 13.1. The third-order valence-corrected chi connectivity index (χ3v) is 4.79. The van der Waals surface area contributed by atoms with Gasteiger partial charge in [0.1, 0.15) is 9.86 Å². The van der Waals surface area contributed by atoms with Crippen molar-refractivity contribution in [2.75, 3.05) is 24.7 Å². The summed E-state index contributed by atoms with van der Waals surface area (Å²) in [5, 5.41) is 14.2. The van der Waals surface area contributed by atoms with Crippen LogP contribution >= 0.6 is 23.1 Å². The van der Waals surface area contributed by atoms with Crippen LogP contribution in [0.15, 0.2) is 11.1 Å². The maximum atomic E-state index is 9.07. The summed E-state index contributed by atoms with van der Waals surface area (Å²) in [6.45, 7) is 4.32. The van der Waals surface area contributed by atoms with Crippen LogP contribution in [0.5, 0.6) is 0 Å². The molecule has 0 radical (unpaired) electrons. The number of hydrogen-bond donors (Lipinski definition) is 2. The second-order valence-electron chi connectivity index (χ2n) is 4.28. The summed E-state index contributed by atoms with van der Waals surface area (Å²) in [5.41, 5.74) is 0. The van der Waals surface area contributed by atoms with Crippen molar-refractivity contribution in [3.63, 3.8) is 0 Å². The van der Waals surface area contributed by atoms with Crippen LogP contribution in [0.25, 0.3) is 10.2 Å². The third kappa shape index (κ3) is 2.93. The minimum Gasteiger partial charge on any atom is -0.396 e. The topological polar surface area (TPSA) is 58.0 Å². The number of aliphatic hydroxyl groups excluding tert-OH is 1. The maximum absolute atomic E-state index is 9.07. The Bertz CT molecular complexity index is 541. The Labute approximate surface area is 115 Å². The molecule has 0 fully saturated rings. The molecule has 0 saturated heterocycles. The lowest BCUT2D eigenvalue weighted by atomic mass is 10.2. The fraction of sp³-hybridized carbons (Fsp3) is 0.500. The van der Waals surface area contributed by atoms with Gasteiger partial charge >= 0.3 is 0 Å². The van der Waals surface area contributed by atoms with Gasteiger partial charge in [0.15, 0.2) is 0 Å². The van der Waals surface area contributed by atoms with E-state index < -0.39 is 0 Å². The number of rotatable bonds is 5. The first-order valence-corrected chi connectivity index (χ1v) is 7.63. The number of thiophene rings is 1. The highest BCUT2D eigenvalue weighted by Gasteiger charge is 2.11. The largest absolute Gasteiger partial charge is 0.396 e. The van der Waals surface area contributed by atoms with E-state index in [1.54, 1.807) is 23.1 Å². The first kappa shape index (κ1) is 13.6. The number of nitrogens with one attached hydrogen (secondary N) is 1. The van der Waals surface area contributed by atoms with E-state index in [0.717, 1.165) is 21.0 Å². The smallest absolute Gasteiger partial charge is 0.224 e. The van der Waals surface area contributed by atoms with Gasteiger partial charge in [-0.1, -0.05) is 6.92 Å². The van der Waals surface area contributed by atoms with Crippen LogP contribution in [-0.2, 0) is 0 Å². The number of anilines is 1. The molecule has 2 rings (SSSR count). The van der Waals surface area contributed by atoms with E-state index in [-0.39, 0.29) is 12.5 Å². The van der Waals surface area contributed by atoms with Crippen molar-refractivity contribution in [3.05, 3.63) is 10.9 Å². The van der Waals surface area contributed by atoms with Gasteiger partial charge in [0, 0.05) is 29.7 Å². The molecule has 0 aliphatic rings. The molecule has 18 heavy (non-hydrogen) atoms. The monoisotopic (exact) mass is 283 g/mol. The first-order chi connectivity index (χ1) is 8.63. The molecule has 2 N–H and O–H groups in total. The van der Waals surface area contributed by atoms with Gasteiger partial charge in [0.2, 0.25) is 5.95 Å². The second kappa shape index (κ2) is 5.86. The minimum absolute atomic E-state index is 0.211. The van der Waals surface area contributed by atoms with E-state index in [9.17, 15) is 0 Å². The van der Waals surface area contributed by atoms with Crippen molar-refractivity contribution in [1.29, 1.82) is 0 Å². The highest BCUT2D eigenvalue weighted by atomic mass is 32.2. The maximum Gasteiger partial charge on any atom is 0.224 e. The van der Waals surface area contributed by atoms with E-state index in [0.29, 0.717) is 5.95 Å². The Morgan fingerprint density at radius 1 is 1.50 bits per heavy atom. The molecule has 98 valence electrons. The molecule has 2 aromatic heterocycles. The standard InChI is InChI=1S/C12H17N3OS2/c1-7(5-16)6-17-10-9-4-8(2)18-11(9)15-12(13-3)14-10/h4,7,16H,5-6H2,1-3H3,(H,13,14,15). The molecule has 0 amide bonds. The van der Waals surface area contributed by atoms with Crippen molar-refractivity contribution in [3.8, 4) is 0 Å². The fourth-order valence-corrected chi connectivity index (χ4v) is 3.47. The zero-order valence-corrected chi connectivity index (χ0v) is 12.4. The van der Waals surface area contributed by atoms with Gasteiger partial charge in [-0.05, 0) is 18.9 Å². The van der Waals surface area contributed by atoms with E-state index in [1.807, 2.05) is 14.0 Å². The van der Waals surface area contributed by atoms with Crippen LogP contribution in [-0.4, -0.2) is 34.5 Å². The summed E-state index contributed by atoms with van der Waals surface area (Å²) >= 11 is 3.36. The van der Waals surface area contributed by atoms with E-state index >= 15 is 0 Å². The first-order valence-electron chi connectivity index (χ1n) is 5.83. The van der Waals surface area contributed by atoms with Crippen molar-refractivity contribution in [1.82, 2.24) is 9.97 Å². The van der Waals surface area contributed by atoms with E-state index in [1.165, 1.54) is 4.88 Å². The molecule has 0 aliphatic heterocycles. The van der Waals surface area contributed by atoms with Crippen LogP contribution in [0.3, 0.4) is 0 Å². The molecule has 2 heterocycles. The SMILES string of the molecule is CNc1nc(SCC(C)CO)c2cc(C)sc2n1. The summed E-state index contributed by atoms with van der Waals surface area (Å²) in [6, 6.07) is 2.13. The average Bonchev–Trinajstić information content (AvgIpc) is 2.75. The van der Waals surface area contributed by atoms with Crippen molar-refractivity contribution < 1.29 is 5.11 Å². The van der Waals surface area contributed by atoms with Gasteiger partial charge < -0.3 is 10.4 Å². The van der Waals surface area contributed by atoms with Crippen molar-refractivity contribution in [2.45, 2.75) is 18.9 Å². The van der Waals surface area contributed by atoms with E-state index in [2.05, 4.69) is 28.3 Å². The Balaban J connectivity index is 2.34. The van der Waals surface area contributed by atoms with Crippen LogP contribution < -0.4 is 5.32 Å². The Morgan fingerprint density at radius 3 is 2.94 bits per heavy atom. The fourth-order valence-electron chi connectivity index (χ4n) is 1.51. The van der Waals surface area contributed by atoms with Gasteiger partial charge in [0.25, 0.3) is 0 Å². The molecule has 1 unspecified atom stereocenters. The molecule has 0 aromatic carbocycles. The number of aromatic nitrogens is 2. The number of fused-ring (bicyclic) bond motifs is 1. The molecule has 2 aromatic rings. The normalized spacial score (nSPS) is 12.9. The second-order valence-corrected chi connectivity index (χ2v) is 6.52.